The van der Waals surface area contributed by atoms with Crippen LogP contribution in [-0.4, -0.2) is 6.21 Å². The summed E-state index contributed by atoms with van der Waals surface area (Å²) in [4.78, 5) is 0. The summed E-state index contributed by atoms with van der Waals surface area (Å²) in [7, 11) is 0. The molecule has 3 aromatic rings. The van der Waals surface area contributed by atoms with Gasteiger partial charge in [0.25, 0.3) is 0 Å². The van der Waals surface area contributed by atoms with Crippen molar-refractivity contribution in [3.8, 4) is 0 Å². The molecule has 0 fully saturated rings. The van der Waals surface area contributed by atoms with Crippen LogP contribution in [0.1, 0.15) is 5.56 Å². The van der Waals surface area contributed by atoms with Crippen LogP contribution >= 0.6 is 0 Å². The normalized spacial score (nSPS) is 9.40. The molecule has 2 nitrogen and oxygen atoms in total. The van der Waals surface area contributed by atoms with Crippen molar-refractivity contribution in [2.45, 2.75) is 0 Å². The van der Waals surface area contributed by atoms with Gasteiger partial charge in [0.2, 0.25) is 0 Å². The van der Waals surface area contributed by atoms with E-state index in [1.165, 1.54) is 0 Å². The topological polar surface area (TPSA) is 24.4 Å². The Morgan fingerprint density at radius 3 is 1.95 bits per heavy atom. The summed E-state index contributed by atoms with van der Waals surface area (Å²) in [6.45, 7) is 0. The van der Waals surface area contributed by atoms with Crippen LogP contribution in [0.25, 0.3) is 0 Å². The van der Waals surface area contributed by atoms with E-state index in [4.69, 9.17) is 0 Å². The van der Waals surface area contributed by atoms with E-state index in [0.717, 1.165) is 11.3 Å². The van der Waals surface area contributed by atoms with E-state index in [9.17, 15) is 0 Å². The van der Waals surface area contributed by atoms with Gasteiger partial charge in [-0.05, 0) is 18.3 Å². The van der Waals surface area contributed by atoms with Crippen LogP contribution in [-0.2, 0) is 17.1 Å². The van der Waals surface area contributed by atoms with Gasteiger partial charge in [-0.1, -0.05) is 18.2 Å². The summed E-state index contributed by atoms with van der Waals surface area (Å²) in [6.07, 6.45) is 1.80. The summed E-state index contributed by atoms with van der Waals surface area (Å²) in [5.74, 6) is 0. The molecule has 0 spiro atoms. The molecule has 0 aliphatic rings. The number of nitrogens with zero attached hydrogens (tertiary/aromatic N) is 1. The van der Waals surface area contributed by atoms with Gasteiger partial charge in [-0.15, -0.1) is 5.56 Å². The standard InChI is InChI=1S/C12H11N2.C5H5.Fe/c1-2-8-12(9-3-1)14-13-10-11-6-4-5-7-11;1-2-4-5-3-1;/h1-10,14H;1-5H;/q-1;-5;. The second-order valence-corrected chi connectivity index (χ2v) is 3.92. The molecule has 3 heteroatoms. The molecule has 0 aromatic heterocycles. The Bertz CT molecular complexity index is 537. The van der Waals surface area contributed by atoms with Gasteiger partial charge in [-0.2, -0.15) is 17.2 Å². The third kappa shape index (κ3) is 6.19. The first-order valence-corrected chi connectivity index (χ1v) is 6.18. The molecule has 0 saturated carbocycles. The van der Waals surface area contributed by atoms with Crippen molar-refractivity contribution in [1.82, 2.24) is 0 Å². The number of nitrogens with one attached hydrogen (secondary N) is 1. The Kier molecular flexibility index (Phi) is 7.81. The number of para-hydroxylation sites is 1. The molecule has 0 bridgehead atoms. The predicted molar refractivity (Wildman–Crippen MR) is 81.7 cm³/mol. The second kappa shape index (κ2) is 9.79. The zero-order valence-corrected chi connectivity index (χ0v) is 12.1. The maximum absolute atomic E-state index is 4.11. The number of hydrogen-bond acceptors (Lipinski definition) is 2. The van der Waals surface area contributed by atoms with Crippen molar-refractivity contribution in [1.29, 1.82) is 0 Å². The quantitative estimate of drug-likeness (QED) is 0.332. The fourth-order valence-corrected chi connectivity index (χ4v) is 1.49. The molecular weight excluding hydrogens is 288 g/mol. The van der Waals surface area contributed by atoms with Crippen LogP contribution in [0.2, 0.25) is 0 Å². The maximum atomic E-state index is 4.11. The number of rotatable bonds is 3. The Labute approximate surface area is 130 Å². The van der Waals surface area contributed by atoms with Crippen LogP contribution in [0.4, 0.5) is 5.69 Å². The van der Waals surface area contributed by atoms with Crippen molar-refractivity contribution in [3.63, 3.8) is 0 Å². The molecule has 0 saturated heterocycles. The summed E-state index contributed by atoms with van der Waals surface area (Å²) < 4.78 is 0. The minimum absolute atomic E-state index is 0. The van der Waals surface area contributed by atoms with Gasteiger partial charge in [-0.3, -0.25) is 5.43 Å². The third-order valence-corrected chi connectivity index (χ3v) is 2.43. The number of anilines is 1. The second-order valence-electron chi connectivity index (χ2n) is 3.92. The molecule has 3 rings (SSSR count). The zero-order chi connectivity index (χ0) is 13.2. The molecule has 0 unspecified atom stereocenters. The van der Waals surface area contributed by atoms with Crippen molar-refractivity contribution < 1.29 is 17.1 Å². The fraction of sp³-hybridized carbons (Fsp3) is 0. The first-order chi connectivity index (χ1) is 9.45. The third-order valence-electron chi connectivity index (χ3n) is 2.43. The molecule has 108 valence electrons. The van der Waals surface area contributed by atoms with E-state index < -0.39 is 0 Å². The van der Waals surface area contributed by atoms with Crippen molar-refractivity contribution >= 4 is 11.9 Å². The molecule has 0 radical (unpaired) electrons. The average molecular weight is 304 g/mol. The predicted octanol–water partition coefficient (Wildman–Crippen LogP) is 4.25. The van der Waals surface area contributed by atoms with Crippen LogP contribution < -0.4 is 5.43 Å². The molecule has 0 atom stereocenters. The van der Waals surface area contributed by atoms with E-state index >= 15 is 0 Å². The van der Waals surface area contributed by atoms with E-state index in [0.29, 0.717) is 0 Å². The Balaban J connectivity index is 0.000000283. The SMILES string of the molecule is C(=NNc1ccccc1)[c-]1cccc1.[Fe].[cH-]1[cH-][cH-][cH-][cH-]1. The van der Waals surface area contributed by atoms with E-state index in [2.05, 4.69) is 10.5 Å². The molecule has 0 aliphatic carbocycles. The summed E-state index contributed by atoms with van der Waals surface area (Å²) in [5, 5.41) is 4.11. The van der Waals surface area contributed by atoms with Crippen LogP contribution in [0, 0.1) is 0 Å². The van der Waals surface area contributed by atoms with Gasteiger partial charge in [0.05, 0.1) is 5.69 Å². The van der Waals surface area contributed by atoms with Crippen LogP contribution in [0.15, 0.2) is 90.0 Å². The molecule has 0 heterocycles. The molecular formula is C17H16FeN2-6. The van der Waals surface area contributed by atoms with Gasteiger partial charge >= 0.3 is 0 Å². The molecule has 3 aromatic carbocycles. The minimum atomic E-state index is 0. The number of benzene rings is 1. The zero-order valence-electron chi connectivity index (χ0n) is 11.0. The average Bonchev–Trinajstić information content (AvgIpc) is 3.16. The van der Waals surface area contributed by atoms with Crippen molar-refractivity contribution in [3.05, 3.63) is 90.5 Å². The van der Waals surface area contributed by atoms with Gasteiger partial charge in [0.15, 0.2) is 0 Å². The largest absolute Gasteiger partial charge is 0.748 e. The molecule has 1 N–H and O–H groups in total. The maximum Gasteiger partial charge on any atom is 0.0561 e. The number of hydrazone groups is 1. The molecule has 20 heavy (non-hydrogen) atoms. The van der Waals surface area contributed by atoms with Gasteiger partial charge < -0.3 is 30.3 Å². The van der Waals surface area contributed by atoms with Crippen LogP contribution in [0.3, 0.4) is 0 Å². The van der Waals surface area contributed by atoms with E-state index in [-0.39, 0.29) is 17.1 Å². The Morgan fingerprint density at radius 2 is 1.40 bits per heavy atom. The van der Waals surface area contributed by atoms with Gasteiger partial charge in [0, 0.05) is 17.1 Å². The molecule has 0 aliphatic heterocycles. The molecule has 0 amide bonds. The van der Waals surface area contributed by atoms with Gasteiger partial charge in [0.1, 0.15) is 0 Å². The monoisotopic (exact) mass is 304 g/mol. The first-order valence-electron chi connectivity index (χ1n) is 6.18. The minimum Gasteiger partial charge on any atom is -0.748 e. The summed E-state index contributed by atoms with van der Waals surface area (Å²) in [5.41, 5.74) is 5.05. The van der Waals surface area contributed by atoms with E-state index in [1.54, 1.807) is 6.21 Å². The first kappa shape index (κ1) is 16.0. The summed E-state index contributed by atoms with van der Waals surface area (Å²) >= 11 is 0. The Hall–Kier alpha value is -2.09. The summed E-state index contributed by atoms with van der Waals surface area (Å²) in [6, 6.07) is 27.9. The van der Waals surface area contributed by atoms with Gasteiger partial charge in [-0.25, -0.2) is 12.1 Å². The van der Waals surface area contributed by atoms with E-state index in [1.807, 2.05) is 84.9 Å². The smallest absolute Gasteiger partial charge is 0.0561 e. The Morgan fingerprint density at radius 1 is 0.850 bits per heavy atom. The number of hydrogen-bond donors (Lipinski definition) is 1. The van der Waals surface area contributed by atoms with Crippen molar-refractivity contribution in [2.75, 3.05) is 5.43 Å². The van der Waals surface area contributed by atoms with Crippen LogP contribution in [0.5, 0.6) is 0 Å². The van der Waals surface area contributed by atoms with Crippen molar-refractivity contribution in [2.24, 2.45) is 5.10 Å². The fourth-order valence-electron chi connectivity index (χ4n) is 1.49.